The lowest BCUT2D eigenvalue weighted by molar-refractivity contribution is 0.109. The molecule has 1 aliphatic rings. The molecule has 6 nitrogen and oxygen atoms in total. The minimum Gasteiger partial charge on any atom is -0.393 e. The molecule has 0 aliphatic carbocycles. The van der Waals surface area contributed by atoms with Crippen LogP contribution in [0.3, 0.4) is 0 Å². The van der Waals surface area contributed by atoms with Gasteiger partial charge in [0.1, 0.15) is 0 Å². The second kappa shape index (κ2) is 6.34. The number of aromatic nitrogens is 3. The zero-order valence-corrected chi connectivity index (χ0v) is 12.1. The van der Waals surface area contributed by atoms with Gasteiger partial charge in [0.25, 0.3) is 0 Å². The van der Waals surface area contributed by atoms with Crippen LogP contribution < -0.4 is 10.2 Å². The van der Waals surface area contributed by atoms with E-state index in [0.29, 0.717) is 17.8 Å². The third-order valence-electron chi connectivity index (χ3n) is 3.44. The number of aliphatic hydroxyl groups excluding tert-OH is 1. The van der Waals surface area contributed by atoms with Crippen molar-refractivity contribution in [3.63, 3.8) is 0 Å². The largest absolute Gasteiger partial charge is 0.393 e. The van der Waals surface area contributed by atoms with Gasteiger partial charge in [0.05, 0.1) is 6.10 Å². The molecule has 1 saturated heterocycles. The summed E-state index contributed by atoms with van der Waals surface area (Å²) in [6, 6.07) is 0. The highest BCUT2D eigenvalue weighted by molar-refractivity contribution is 6.28. The van der Waals surface area contributed by atoms with Gasteiger partial charge in [-0.05, 0) is 44.2 Å². The fourth-order valence-electron chi connectivity index (χ4n) is 2.30. The summed E-state index contributed by atoms with van der Waals surface area (Å²) in [6.45, 7) is 6.24. The minimum absolute atomic E-state index is 0.207. The molecular weight excluding hydrogens is 266 g/mol. The third kappa shape index (κ3) is 3.67. The number of hydrogen-bond acceptors (Lipinski definition) is 6. The van der Waals surface area contributed by atoms with Crippen molar-refractivity contribution in [2.45, 2.75) is 32.8 Å². The summed E-state index contributed by atoms with van der Waals surface area (Å²) in [5, 5.41) is 12.8. The average molecular weight is 286 g/mol. The van der Waals surface area contributed by atoms with E-state index in [9.17, 15) is 5.11 Å². The monoisotopic (exact) mass is 285 g/mol. The Morgan fingerprint density at radius 1 is 1.37 bits per heavy atom. The Labute approximate surface area is 118 Å². The van der Waals surface area contributed by atoms with Crippen LogP contribution in [0.15, 0.2) is 0 Å². The van der Waals surface area contributed by atoms with Crippen molar-refractivity contribution < 1.29 is 5.11 Å². The predicted molar refractivity (Wildman–Crippen MR) is 75.6 cm³/mol. The van der Waals surface area contributed by atoms with Crippen molar-refractivity contribution in [1.82, 2.24) is 15.0 Å². The first-order valence-electron chi connectivity index (χ1n) is 6.68. The van der Waals surface area contributed by atoms with Crippen molar-refractivity contribution in [2.24, 2.45) is 5.92 Å². The number of aliphatic hydroxyl groups is 1. The first kappa shape index (κ1) is 14.3. The van der Waals surface area contributed by atoms with Crippen molar-refractivity contribution >= 4 is 23.5 Å². The lowest BCUT2D eigenvalue weighted by Gasteiger charge is -2.33. The van der Waals surface area contributed by atoms with Crippen LogP contribution in [0.2, 0.25) is 5.28 Å². The first-order valence-corrected chi connectivity index (χ1v) is 7.06. The van der Waals surface area contributed by atoms with Crippen LogP contribution in [0, 0.1) is 5.92 Å². The number of hydrogen-bond donors (Lipinski definition) is 2. The molecule has 1 fully saturated rings. The average Bonchev–Trinajstić information content (AvgIpc) is 2.38. The van der Waals surface area contributed by atoms with Crippen LogP contribution >= 0.6 is 11.6 Å². The summed E-state index contributed by atoms with van der Waals surface area (Å²) in [6.07, 6.45) is 1.64. The highest BCUT2D eigenvalue weighted by Gasteiger charge is 2.24. The van der Waals surface area contributed by atoms with Gasteiger partial charge in [-0.25, -0.2) is 0 Å². The molecule has 0 aromatic carbocycles. The summed E-state index contributed by atoms with van der Waals surface area (Å²) in [7, 11) is 0. The molecule has 0 spiro atoms. The van der Waals surface area contributed by atoms with Crippen molar-refractivity contribution in [3.8, 4) is 0 Å². The maximum absolute atomic E-state index is 9.60. The number of halogens is 1. The Morgan fingerprint density at radius 2 is 2.05 bits per heavy atom. The van der Waals surface area contributed by atoms with Crippen LogP contribution in [-0.4, -0.2) is 45.8 Å². The zero-order chi connectivity index (χ0) is 13.8. The second-order valence-electron chi connectivity index (χ2n) is 4.82. The number of nitrogens with zero attached hydrogens (tertiary/aromatic N) is 4. The van der Waals surface area contributed by atoms with E-state index in [1.807, 2.05) is 13.8 Å². The Hall–Kier alpha value is -1.14. The molecule has 1 aliphatic heterocycles. The molecule has 2 N–H and O–H groups in total. The lowest BCUT2D eigenvalue weighted by Crippen LogP contribution is -2.38. The van der Waals surface area contributed by atoms with E-state index in [1.54, 1.807) is 0 Å². The van der Waals surface area contributed by atoms with Crippen LogP contribution in [-0.2, 0) is 0 Å². The molecule has 19 heavy (non-hydrogen) atoms. The Bertz CT molecular complexity index is 421. The van der Waals surface area contributed by atoms with Gasteiger partial charge in [0, 0.05) is 19.6 Å². The van der Waals surface area contributed by atoms with Gasteiger partial charge in [0.15, 0.2) is 0 Å². The molecule has 1 aromatic rings. The van der Waals surface area contributed by atoms with E-state index in [2.05, 4.69) is 25.2 Å². The molecular formula is C12H20ClN5O. The van der Waals surface area contributed by atoms with Crippen LogP contribution in [0.1, 0.15) is 26.7 Å². The highest BCUT2D eigenvalue weighted by atomic mass is 35.5. The predicted octanol–water partition coefficient (Wildman–Crippen LogP) is 1.55. The normalized spacial score (nSPS) is 18.4. The standard InChI is InChI=1S/C12H20ClN5O/c1-3-14-11-15-10(13)16-12(17-11)18-6-4-9(5-7-18)8(2)19/h8-9,19H,3-7H2,1-2H3,(H,14,15,16,17). The first-order chi connectivity index (χ1) is 9.10. The molecule has 2 rings (SSSR count). The van der Waals surface area contributed by atoms with Gasteiger partial charge in [-0.3, -0.25) is 0 Å². The van der Waals surface area contributed by atoms with Gasteiger partial charge < -0.3 is 15.3 Å². The molecule has 1 unspecified atom stereocenters. The maximum Gasteiger partial charge on any atom is 0.231 e. The molecule has 0 bridgehead atoms. The summed E-state index contributed by atoms with van der Waals surface area (Å²) in [5.41, 5.74) is 0. The second-order valence-corrected chi connectivity index (χ2v) is 5.16. The molecule has 0 radical (unpaired) electrons. The van der Waals surface area contributed by atoms with E-state index < -0.39 is 0 Å². The van der Waals surface area contributed by atoms with E-state index in [4.69, 9.17) is 11.6 Å². The molecule has 7 heteroatoms. The molecule has 1 aromatic heterocycles. The van der Waals surface area contributed by atoms with Crippen LogP contribution in [0.25, 0.3) is 0 Å². The van der Waals surface area contributed by atoms with Gasteiger partial charge >= 0.3 is 0 Å². The van der Waals surface area contributed by atoms with E-state index in [-0.39, 0.29) is 11.4 Å². The SMILES string of the molecule is CCNc1nc(Cl)nc(N2CCC(C(C)O)CC2)n1. The maximum atomic E-state index is 9.60. The van der Waals surface area contributed by atoms with Crippen LogP contribution in [0.4, 0.5) is 11.9 Å². The molecule has 2 heterocycles. The fraction of sp³-hybridized carbons (Fsp3) is 0.750. The Morgan fingerprint density at radius 3 is 2.63 bits per heavy atom. The fourth-order valence-corrected chi connectivity index (χ4v) is 2.46. The van der Waals surface area contributed by atoms with Crippen LogP contribution in [0.5, 0.6) is 0 Å². The summed E-state index contributed by atoms with van der Waals surface area (Å²) >= 11 is 5.92. The molecule has 0 amide bonds. The zero-order valence-electron chi connectivity index (χ0n) is 11.3. The summed E-state index contributed by atoms with van der Waals surface area (Å²) < 4.78 is 0. The molecule has 1 atom stereocenters. The topological polar surface area (TPSA) is 74.2 Å². The van der Waals surface area contributed by atoms with Crippen molar-refractivity contribution in [3.05, 3.63) is 5.28 Å². The van der Waals surface area contributed by atoms with Gasteiger partial charge in [-0.15, -0.1) is 0 Å². The van der Waals surface area contributed by atoms with E-state index >= 15 is 0 Å². The number of anilines is 2. The summed E-state index contributed by atoms with van der Waals surface area (Å²) in [5.74, 6) is 1.48. The van der Waals surface area contributed by atoms with E-state index in [0.717, 1.165) is 32.5 Å². The smallest absolute Gasteiger partial charge is 0.231 e. The molecule has 106 valence electrons. The third-order valence-corrected chi connectivity index (χ3v) is 3.60. The van der Waals surface area contributed by atoms with Crippen molar-refractivity contribution in [2.75, 3.05) is 29.9 Å². The van der Waals surface area contributed by atoms with Gasteiger partial charge in [0.2, 0.25) is 17.2 Å². The number of rotatable bonds is 4. The molecule has 0 saturated carbocycles. The van der Waals surface area contributed by atoms with Crippen molar-refractivity contribution in [1.29, 1.82) is 0 Å². The quantitative estimate of drug-likeness (QED) is 0.874. The number of nitrogens with one attached hydrogen (secondary N) is 1. The van der Waals surface area contributed by atoms with E-state index in [1.165, 1.54) is 0 Å². The lowest BCUT2D eigenvalue weighted by atomic mass is 9.92. The Kier molecular flexibility index (Phi) is 4.76. The summed E-state index contributed by atoms with van der Waals surface area (Å²) in [4.78, 5) is 14.7. The highest BCUT2D eigenvalue weighted by Crippen LogP contribution is 2.24. The van der Waals surface area contributed by atoms with Gasteiger partial charge in [-0.1, -0.05) is 0 Å². The Balaban J connectivity index is 2.06. The minimum atomic E-state index is -0.249. The van der Waals surface area contributed by atoms with Gasteiger partial charge in [-0.2, -0.15) is 15.0 Å². The number of piperidine rings is 1.